The van der Waals surface area contributed by atoms with Crippen molar-refractivity contribution in [3.8, 4) is 0 Å². The van der Waals surface area contributed by atoms with E-state index in [9.17, 15) is 28.4 Å². The maximum Gasteiger partial charge on any atom is 3.00 e. The van der Waals surface area contributed by atoms with Crippen LogP contribution >= 0.6 is 23.5 Å². The van der Waals surface area contributed by atoms with E-state index in [1.54, 1.807) is 0 Å². The number of phosphoric ester groups is 3. The second-order valence-electron chi connectivity index (χ2n) is 6.34. The first-order valence-electron chi connectivity index (χ1n) is 11.2. The minimum absolute atomic E-state index is 0. The van der Waals surface area contributed by atoms with E-state index in [0.717, 1.165) is 0 Å². The van der Waals surface area contributed by atoms with Crippen LogP contribution in [-0.4, -0.2) is 57.0 Å². The first-order valence-corrected chi connectivity index (χ1v) is 15.5. The fourth-order valence-corrected chi connectivity index (χ4v) is 3.99. The standard InChI is InChI=1S/3C6H15O4P.Al/c3*1-3-5-9-11(7,8)10-6-4-2;/h3*3-6H2,1-2H3,(H,7,8);/q;;;+3/p-3. The van der Waals surface area contributed by atoms with Crippen LogP contribution in [0.4, 0.5) is 0 Å². The first-order chi connectivity index (χ1) is 15.4. The van der Waals surface area contributed by atoms with Gasteiger partial charge in [0.2, 0.25) is 0 Å². The molecule has 0 heterocycles. The van der Waals surface area contributed by atoms with Crippen LogP contribution in [0.15, 0.2) is 0 Å². The average Bonchev–Trinajstić information content (AvgIpc) is 2.77. The molecule has 0 rings (SSSR count). The molecule has 0 aliphatic rings. The van der Waals surface area contributed by atoms with Gasteiger partial charge in [0.15, 0.2) is 0 Å². The molecule has 0 N–H and O–H groups in total. The molecule has 0 radical (unpaired) electrons. The van der Waals surface area contributed by atoms with Gasteiger partial charge < -0.3 is 41.8 Å². The van der Waals surface area contributed by atoms with Gasteiger partial charge in [-0.3, -0.25) is 13.7 Å². The predicted octanol–water partition coefficient (Wildman–Crippen LogP) is 3.54. The summed E-state index contributed by atoms with van der Waals surface area (Å²) >= 11 is 0. The van der Waals surface area contributed by atoms with Gasteiger partial charge in [-0.2, -0.15) is 0 Å². The molecular formula is C18H42AlO12P3. The van der Waals surface area contributed by atoms with E-state index < -0.39 is 23.5 Å². The van der Waals surface area contributed by atoms with Crippen molar-refractivity contribution in [2.75, 3.05) is 39.6 Å². The van der Waals surface area contributed by atoms with E-state index in [1.807, 2.05) is 41.5 Å². The second-order valence-corrected chi connectivity index (χ2v) is 10.6. The Morgan fingerprint density at radius 3 is 0.618 bits per heavy atom. The van der Waals surface area contributed by atoms with E-state index in [0.29, 0.717) is 38.5 Å². The third-order valence-corrected chi connectivity index (χ3v) is 5.71. The minimum atomic E-state index is -3.98. The Balaban J connectivity index is -0.000000196. The summed E-state index contributed by atoms with van der Waals surface area (Å²) in [6, 6.07) is 0. The van der Waals surface area contributed by atoms with Gasteiger partial charge in [-0.1, -0.05) is 41.5 Å². The molecule has 0 saturated heterocycles. The van der Waals surface area contributed by atoms with Crippen molar-refractivity contribution in [3.05, 3.63) is 0 Å². The third kappa shape index (κ3) is 35.0. The van der Waals surface area contributed by atoms with Gasteiger partial charge >= 0.3 is 17.4 Å². The quantitative estimate of drug-likeness (QED) is 0.173. The van der Waals surface area contributed by atoms with E-state index >= 15 is 0 Å². The Kier molecular flexibility index (Phi) is 33.2. The number of hydrogen-bond donors (Lipinski definition) is 0. The molecule has 0 aliphatic carbocycles. The Morgan fingerprint density at radius 2 is 0.529 bits per heavy atom. The molecule has 0 unspecified atom stereocenters. The molecule has 0 aliphatic heterocycles. The molecule has 0 amide bonds. The van der Waals surface area contributed by atoms with Gasteiger partial charge in [0.1, 0.15) is 0 Å². The molecule has 0 bridgehead atoms. The Hall–Kier alpha value is 0.862. The third-order valence-electron chi connectivity index (χ3n) is 2.72. The largest absolute Gasteiger partial charge is 3.00 e. The van der Waals surface area contributed by atoms with Crippen molar-refractivity contribution in [2.24, 2.45) is 0 Å². The molecule has 0 aromatic carbocycles. The van der Waals surface area contributed by atoms with Crippen LogP contribution in [0.25, 0.3) is 0 Å². The topological polar surface area (TPSA) is 176 Å². The van der Waals surface area contributed by atoms with Gasteiger partial charge in [-0.15, -0.1) is 0 Å². The zero-order valence-corrected chi connectivity index (χ0v) is 25.1. The molecule has 0 atom stereocenters. The van der Waals surface area contributed by atoms with Gasteiger partial charge in [0.05, 0.1) is 39.6 Å². The van der Waals surface area contributed by atoms with Crippen LogP contribution in [0.1, 0.15) is 80.1 Å². The summed E-state index contributed by atoms with van der Waals surface area (Å²) in [5.41, 5.74) is 0. The number of phosphoric acid groups is 3. The average molecular weight is 570 g/mol. The van der Waals surface area contributed by atoms with Crippen molar-refractivity contribution in [2.45, 2.75) is 80.1 Å². The van der Waals surface area contributed by atoms with E-state index in [-0.39, 0.29) is 57.0 Å². The number of hydrogen-bond acceptors (Lipinski definition) is 12. The summed E-state index contributed by atoms with van der Waals surface area (Å²) in [6.07, 6.45) is 4.01. The molecule has 12 nitrogen and oxygen atoms in total. The summed E-state index contributed by atoms with van der Waals surface area (Å²) in [6.45, 7) is 12.2. The van der Waals surface area contributed by atoms with E-state index in [2.05, 4.69) is 27.1 Å². The molecule has 0 aromatic heterocycles. The molecule has 34 heavy (non-hydrogen) atoms. The minimum Gasteiger partial charge on any atom is -0.756 e. The fraction of sp³-hybridized carbons (Fsp3) is 1.00. The molecule has 0 saturated carbocycles. The van der Waals surface area contributed by atoms with Crippen LogP contribution in [0.5, 0.6) is 0 Å². The van der Waals surface area contributed by atoms with Gasteiger partial charge in [-0.25, -0.2) is 0 Å². The van der Waals surface area contributed by atoms with Gasteiger partial charge in [-0.05, 0) is 38.5 Å². The molecule has 0 aromatic rings. The van der Waals surface area contributed by atoms with Crippen LogP contribution in [0.2, 0.25) is 0 Å². The Labute approximate surface area is 216 Å². The zero-order valence-electron chi connectivity index (χ0n) is 21.3. The summed E-state index contributed by atoms with van der Waals surface area (Å²) in [5, 5.41) is 0. The maximum absolute atomic E-state index is 10.7. The normalized spacial score (nSPS) is 11.6. The fourth-order valence-electron chi connectivity index (χ4n) is 1.33. The van der Waals surface area contributed by atoms with Gasteiger partial charge in [0, 0.05) is 0 Å². The Morgan fingerprint density at radius 1 is 0.412 bits per heavy atom. The first kappa shape index (κ1) is 42.0. The smallest absolute Gasteiger partial charge is 0.756 e. The van der Waals surface area contributed by atoms with Crippen LogP contribution < -0.4 is 14.7 Å². The van der Waals surface area contributed by atoms with E-state index in [4.69, 9.17) is 0 Å². The van der Waals surface area contributed by atoms with Crippen molar-refractivity contribution in [3.63, 3.8) is 0 Å². The van der Waals surface area contributed by atoms with Crippen molar-refractivity contribution >= 4 is 40.8 Å². The van der Waals surface area contributed by atoms with Crippen LogP contribution in [0.3, 0.4) is 0 Å². The van der Waals surface area contributed by atoms with E-state index in [1.165, 1.54) is 0 Å². The molecule has 0 fully saturated rings. The Bertz CT molecular complexity index is 456. The number of rotatable bonds is 18. The zero-order chi connectivity index (χ0) is 26.2. The predicted molar refractivity (Wildman–Crippen MR) is 126 cm³/mol. The van der Waals surface area contributed by atoms with Crippen LogP contribution in [0, 0.1) is 0 Å². The molecule has 16 heteroatoms. The molecule has 204 valence electrons. The SMILES string of the molecule is CCCOP(=O)([O-])OCCC.CCCOP(=O)([O-])OCCC.CCCOP(=O)([O-])OCCC.[Al+3]. The van der Waals surface area contributed by atoms with Crippen molar-refractivity contribution in [1.82, 2.24) is 0 Å². The van der Waals surface area contributed by atoms with Crippen molar-refractivity contribution < 1.29 is 55.5 Å². The second kappa shape index (κ2) is 26.9. The monoisotopic (exact) mass is 570 g/mol. The summed E-state index contributed by atoms with van der Waals surface area (Å²) in [7, 11) is -11.9. The summed E-state index contributed by atoms with van der Waals surface area (Å²) < 4.78 is 58.9. The van der Waals surface area contributed by atoms with Crippen molar-refractivity contribution in [1.29, 1.82) is 0 Å². The summed E-state index contributed by atoms with van der Waals surface area (Å²) in [4.78, 5) is 32.2. The maximum atomic E-state index is 10.7. The molecule has 0 spiro atoms. The molecular weight excluding hydrogens is 528 g/mol. The van der Waals surface area contributed by atoms with Gasteiger partial charge in [0.25, 0.3) is 23.5 Å². The van der Waals surface area contributed by atoms with Crippen LogP contribution in [-0.2, 0) is 40.8 Å². The summed E-state index contributed by atoms with van der Waals surface area (Å²) in [5.74, 6) is 0.